The molecular formula is C29H29ClF3N7O5. The van der Waals surface area contributed by atoms with Gasteiger partial charge >= 0.3 is 18.2 Å². The number of alkyl carbamates (subject to hydrolysis) is 1. The number of pyridine rings is 1. The number of benzene rings is 1. The van der Waals surface area contributed by atoms with Crippen molar-refractivity contribution in [2.45, 2.75) is 39.0 Å². The maximum absolute atomic E-state index is 14.1. The fraction of sp³-hybridized carbons (Fsp3) is 0.310. The van der Waals surface area contributed by atoms with Crippen LogP contribution in [-0.4, -0.2) is 61.5 Å². The summed E-state index contributed by atoms with van der Waals surface area (Å²) in [5.41, 5.74) is -1.15. The van der Waals surface area contributed by atoms with E-state index in [-0.39, 0.29) is 45.7 Å². The number of carbonyl (C=O) groups excluding carboxylic acids is 3. The topological polar surface area (TPSA) is 142 Å². The highest BCUT2D eigenvalue weighted by Gasteiger charge is 2.39. The van der Waals surface area contributed by atoms with Gasteiger partial charge in [0, 0.05) is 31.7 Å². The van der Waals surface area contributed by atoms with Gasteiger partial charge in [0.15, 0.2) is 17.3 Å². The lowest BCUT2D eigenvalue weighted by Gasteiger charge is -2.19. The summed E-state index contributed by atoms with van der Waals surface area (Å²) >= 11 is 6.11. The van der Waals surface area contributed by atoms with E-state index < -0.39 is 35.4 Å². The van der Waals surface area contributed by atoms with Crippen molar-refractivity contribution in [3.8, 4) is 17.1 Å². The summed E-state index contributed by atoms with van der Waals surface area (Å²) in [5, 5.41) is 8.96. The smallest absolute Gasteiger partial charge is 0.435 e. The molecule has 238 valence electrons. The average Bonchev–Trinajstić information content (AvgIpc) is 3.56. The Morgan fingerprint density at radius 2 is 1.78 bits per heavy atom. The Kier molecular flexibility index (Phi) is 9.51. The quantitative estimate of drug-likeness (QED) is 0.241. The van der Waals surface area contributed by atoms with Gasteiger partial charge in [0.1, 0.15) is 5.60 Å². The Bertz CT molecular complexity index is 1730. The molecule has 3 aromatic heterocycles. The molecule has 16 heteroatoms. The molecule has 0 aliphatic carbocycles. The summed E-state index contributed by atoms with van der Waals surface area (Å²) in [7, 11) is 2.59. The minimum atomic E-state index is -4.83. The van der Waals surface area contributed by atoms with Crippen LogP contribution in [0.3, 0.4) is 0 Å². The van der Waals surface area contributed by atoms with Gasteiger partial charge < -0.3 is 24.7 Å². The third-order valence-corrected chi connectivity index (χ3v) is 6.52. The van der Waals surface area contributed by atoms with Crippen molar-refractivity contribution in [3.63, 3.8) is 0 Å². The number of ether oxygens (including phenoxy) is 2. The molecule has 0 aliphatic heterocycles. The number of hydrogen-bond donors (Lipinski definition) is 2. The van der Waals surface area contributed by atoms with Crippen molar-refractivity contribution in [2.24, 2.45) is 7.05 Å². The average molecular weight is 648 g/mol. The first-order valence-corrected chi connectivity index (χ1v) is 13.8. The van der Waals surface area contributed by atoms with Crippen LogP contribution in [-0.2, 0) is 29.1 Å². The van der Waals surface area contributed by atoms with Gasteiger partial charge in [-0.1, -0.05) is 17.7 Å². The van der Waals surface area contributed by atoms with Crippen molar-refractivity contribution < 1.29 is 37.0 Å². The molecule has 0 saturated carbocycles. The number of anilines is 1. The van der Waals surface area contributed by atoms with Crippen LogP contribution >= 0.6 is 11.6 Å². The normalized spacial score (nSPS) is 11.7. The minimum Gasteiger partial charge on any atom is -0.465 e. The first kappa shape index (κ1) is 33.0. The molecule has 2 N–H and O–H groups in total. The van der Waals surface area contributed by atoms with Gasteiger partial charge in [-0.15, -0.1) is 0 Å². The van der Waals surface area contributed by atoms with Gasteiger partial charge in [0.25, 0.3) is 5.91 Å². The zero-order chi connectivity index (χ0) is 33.1. The summed E-state index contributed by atoms with van der Waals surface area (Å²) in [6, 6.07) is 7.26. The number of esters is 1. The molecule has 0 aliphatic rings. The molecule has 1 aromatic carbocycles. The summed E-state index contributed by atoms with van der Waals surface area (Å²) < 4.78 is 54.2. The van der Waals surface area contributed by atoms with Crippen LogP contribution in [0.15, 0.2) is 48.9 Å². The molecular weight excluding hydrogens is 619 g/mol. The standard InChI is InChI=1S/C29H29ClF3N7O5/c1-28(2,3)45-27(43)34-11-10-16-6-9-22(35-13-16)40-15-19(23(38-40)29(31,32)33)21-14-36-24(39(21)4)25(41)37-17-7-8-18(20(30)12-17)26(42)44-5/h6-9,12-15H,10-11H2,1-5H3,(H,34,43)(H,37,41). The fourth-order valence-electron chi connectivity index (χ4n) is 4.14. The summed E-state index contributed by atoms with van der Waals surface area (Å²) in [6.07, 6.45) is -1.24. The molecule has 0 spiro atoms. The zero-order valence-electron chi connectivity index (χ0n) is 24.8. The molecule has 0 bridgehead atoms. The number of amides is 2. The fourth-order valence-corrected chi connectivity index (χ4v) is 4.40. The van der Waals surface area contributed by atoms with E-state index in [1.54, 1.807) is 26.8 Å². The molecule has 12 nitrogen and oxygen atoms in total. The second kappa shape index (κ2) is 13.0. The number of halogens is 4. The number of methoxy groups -OCH3 is 1. The Morgan fingerprint density at radius 3 is 2.38 bits per heavy atom. The number of alkyl halides is 3. The predicted octanol–water partition coefficient (Wildman–Crippen LogP) is 5.45. The summed E-state index contributed by atoms with van der Waals surface area (Å²) in [6.45, 7) is 5.51. The van der Waals surface area contributed by atoms with E-state index in [1.165, 1.54) is 49.2 Å². The zero-order valence-corrected chi connectivity index (χ0v) is 25.6. The first-order valence-electron chi connectivity index (χ1n) is 13.4. The van der Waals surface area contributed by atoms with Crippen molar-refractivity contribution in [1.29, 1.82) is 0 Å². The second-order valence-corrected chi connectivity index (χ2v) is 11.1. The van der Waals surface area contributed by atoms with E-state index in [0.29, 0.717) is 6.42 Å². The summed E-state index contributed by atoms with van der Waals surface area (Å²) in [4.78, 5) is 44.8. The van der Waals surface area contributed by atoms with Gasteiger partial charge in [-0.05, 0) is 57.0 Å². The number of carbonyl (C=O) groups is 3. The predicted molar refractivity (Wildman–Crippen MR) is 157 cm³/mol. The van der Waals surface area contributed by atoms with Crippen molar-refractivity contribution in [1.82, 2.24) is 29.6 Å². The number of rotatable bonds is 8. The first-order chi connectivity index (χ1) is 21.1. The van der Waals surface area contributed by atoms with E-state index >= 15 is 0 Å². The molecule has 0 saturated heterocycles. The third kappa shape index (κ3) is 7.98. The van der Waals surface area contributed by atoms with E-state index in [2.05, 4.69) is 30.4 Å². The molecule has 0 atom stereocenters. The molecule has 4 aromatic rings. The van der Waals surface area contributed by atoms with Crippen molar-refractivity contribution in [3.05, 3.63) is 76.6 Å². The number of aromatic nitrogens is 5. The van der Waals surface area contributed by atoms with Crippen LogP contribution in [0.2, 0.25) is 5.02 Å². The second-order valence-electron chi connectivity index (χ2n) is 10.7. The Labute approximate surface area is 260 Å². The van der Waals surface area contributed by atoms with Gasteiger partial charge in [0.05, 0.1) is 35.2 Å². The molecule has 0 unspecified atom stereocenters. The van der Waals surface area contributed by atoms with Crippen molar-refractivity contribution in [2.75, 3.05) is 19.0 Å². The molecule has 0 radical (unpaired) electrons. The molecule has 4 rings (SSSR count). The highest BCUT2D eigenvalue weighted by atomic mass is 35.5. The van der Waals surface area contributed by atoms with Crippen molar-refractivity contribution >= 4 is 35.3 Å². The van der Waals surface area contributed by atoms with Crippen LogP contribution in [0.4, 0.5) is 23.7 Å². The monoisotopic (exact) mass is 647 g/mol. The number of nitrogens with one attached hydrogen (secondary N) is 2. The van der Waals surface area contributed by atoms with Gasteiger partial charge in [0.2, 0.25) is 0 Å². The molecule has 2 amide bonds. The Morgan fingerprint density at radius 1 is 1.04 bits per heavy atom. The lowest BCUT2D eigenvalue weighted by Crippen LogP contribution is -2.33. The van der Waals surface area contributed by atoms with E-state index in [0.717, 1.165) is 22.6 Å². The van der Waals surface area contributed by atoms with Gasteiger partial charge in [-0.2, -0.15) is 18.3 Å². The van der Waals surface area contributed by atoms with Crippen LogP contribution in [0.1, 0.15) is 53.0 Å². The van der Waals surface area contributed by atoms with Crippen LogP contribution < -0.4 is 10.6 Å². The number of hydrogen-bond acceptors (Lipinski definition) is 8. The largest absolute Gasteiger partial charge is 0.465 e. The van der Waals surface area contributed by atoms with E-state index in [1.807, 2.05) is 0 Å². The lowest BCUT2D eigenvalue weighted by molar-refractivity contribution is -0.140. The Balaban J connectivity index is 1.53. The van der Waals surface area contributed by atoms with Crippen LogP contribution in [0, 0.1) is 0 Å². The maximum atomic E-state index is 14.1. The van der Waals surface area contributed by atoms with Crippen LogP contribution in [0.25, 0.3) is 17.1 Å². The lowest BCUT2D eigenvalue weighted by atomic mass is 10.2. The highest BCUT2D eigenvalue weighted by molar-refractivity contribution is 6.34. The van der Waals surface area contributed by atoms with Gasteiger partial charge in [-0.3, -0.25) is 4.79 Å². The molecule has 45 heavy (non-hydrogen) atoms. The van der Waals surface area contributed by atoms with Crippen LogP contribution in [0.5, 0.6) is 0 Å². The van der Waals surface area contributed by atoms with E-state index in [9.17, 15) is 27.6 Å². The SMILES string of the molecule is COC(=O)c1ccc(NC(=O)c2ncc(-c3cn(-c4ccc(CCNC(=O)OC(C)(C)C)cn4)nc3C(F)(F)F)n2C)cc1Cl. The highest BCUT2D eigenvalue weighted by Crippen LogP contribution is 2.37. The third-order valence-electron chi connectivity index (χ3n) is 6.21. The Hall–Kier alpha value is -4.92. The number of imidazole rings is 1. The minimum absolute atomic E-state index is 0.0253. The van der Waals surface area contributed by atoms with E-state index in [4.69, 9.17) is 16.3 Å². The maximum Gasteiger partial charge on any atom is 0.435 e. The van der Waals surface area contributed by atoms with Gasteiger partial charge in [-0.25, -0.2) is 24.2 Å². The summed E-state index contributed by atoms with van der Waals surface area (Å²) in [5.74, 6) is -1.47. The number of nitrogens with zero attached hydrogens (tertiary/aromatic N) is 5. The molecule has 3 heterocycles. The molecule has 0 fully saturated rings.